The first kappa shape index (κ1) is 21.6. The van der Waals surface area contributed by atoms with Gasteiger partial charge in [0.25, 0.3) is 0 Å². The number of guanidine groups is 1. The molecule has 0 aliphatic carbocycles. The van der Waals surface area contributed by atoms with E-state index in [0.717, 1.165) is 75.1 Å². The van der Waals surface area contributed by atoms with Crippen molar-refractivity contribution in [1.29, 1.82) is 0 Å². The smallest absolute Gasteiger partial charge is 0.191 e. The van der Waals surface area contributed by atoms with Crippen LogP contribution in [0.5, 0.6) is 0 Å². The van der Waals surface area contributed by atoms with Gasteiger partial charge >= 0.3 is 0 Å². The summed E-state index contributed by atoms with van der Waals surface area (Å²) in [7, 11) is 0. The number of anilines is 1. The van der Waals surface area contributed by atoms with E-state index in [1.165, 1.54) is 5.52 Å². The minimum absolute atomic E-state index is 0.780. The summed E-state index contributed by atoms with van der Waals surface area (Å²) in [5, 5.41) is 10.1. The third-order valence-corrected chi connectivity index (χ3v) is 4.87. The van der Waals surface area contributed by atoms with E-state index in [4.69, 9.17) is 4.99 Å². The first-order chi connectivity index (χ1) is 14.8. The highest BCUT2D eigenvalue weighted by molar-refractivity contribution is 5.79. The summed E-state index contributed by atoms with van der Waals surface area (Å²) in [6.45, 7) is 8.55. The van der Waals surface area contributed by atoms with Gasteiger partial charge in [0.05, 0.1) is 11.0 Å². The minimum atomic E-state index is 0.780. The number of rotatable bonds is 11. The molecule has 7 nitrogen and oxygen atoms in total. The fourth-order valence-electron chi connectivity index (χ4n) is 3.38. The van der Waals surface area contributed by atoms with Gasteiger partial charge in [-0.05, 0) is 57.4 Å². The van der Waals surface area contributed by atoms with Gasteiger partial charge in [-0.3, -0.25) is 4.99 Å². The van der Waals surface area contributed by atoms with Gasteiger partial charge in [-0.2, -0.15) is 0 Å². The Kier molecular flexibility index (Phi) is 8.50. The number of benzene rings is 1. The molecule has 2 heterocycles. The predicted molar refractivity (Wildman–Crippen MR) is 125 cm³/mol. The molecule has 3 aromatic rings. The van der Waals surface area contributed by atoms with Gasteiger partial charge in [0.15, 0.2) is 5.96 Å². The number of nitrogens with one attached hydrogen (secondary N) is 3. The summed E-state index contributed by atoms with van der Waals surface area (Å²) in [5.74, 6) is 2.88. The molecule has 0 bridgehead atoms. The first-order valence-electron chi connectivity index (χ1n) is 10.9. The van der Waals surface area contributed by atoms with Crippen LogP contribution in [-0.4, -0.2) is 46.7 Å². The number of aromatic nitrogens is 3. The van der Waals surface area contributed by atoms with E-state index in [-0.39, 0.29) is 0 Å². The van der Waals surface area contributed by atoms with Crippen LogP contribution < -0.4 is 16.0 Å². The zero-order valence-electron chi connectivity index (χ0n) is 18.1. The SMILES string of the molecule is CCNC(=NCCCn1c(C)nc2ccccc21)NCCCCNc1ccccn1. The molecule has 0 spiro atoms. The zero-order chi connectivity index (χ0) is 21.0. The lowest BCUT2D eigenvalue weighted by atomic mass is 10.3. The van der Waals surface area contributed by atoms with E-state index in [1.807, 2.05) is 24.3 Å². The van der Waals surface area contributed by atoms with Crippen molar-refractivity contribution in [2.24, 2.45) is 4.99 Å². The van der Waals surface area contributed by atoms with Gasteiger partial charge < -0.3 is 20.5 Å². The fourth-order valence-corrected chi connectivity index (χ4v) is 3.38. The molecule has 160 valence electrons. The van der Waals surface area contributed by atoms with Crippen LogP contribution in [0.2, 0.25) is 0 Å². The lowest BCUT2D eigenvalue weighted by Crippen LogP contribution is -2.38. The average Bonchev–Trinajstić information content (AvgIpc) is 3.09. The topological polar surface area (TPSA) is 79.2 Å². The van der Waals surface area contributed by atoms with Crippen molar-refractivity contribution in [2.75, 3.05) is 31.5 Å². The summed E-state index contributed by atoms with van der Waals surface area (Å²) in [5.41, 5.74) is 2.26. The zero-order valence-corrected chi connectivity index (χ0v) is 18.1. The minimum Gasteiger partial charge on any atom is -0.370 e. The summed E-state index contributed by atoms with van der Waals surface area (Å²) < 4.78 is 2.28. The molecule has 3 rings (SSSR count). The van der Waals surface area contributed by atoms with Gasteiger partial charge in [-0.25, -0.2) is 9.97 Å². The molecule has 0 unspecified atom stereocenters. The second-order valence-corrected chi connectivity index (χ2v) is 7.19. The van der Waals surface area contributed by atoms with Crippen molar-refractivity contribution in [2.45, 2.75) is 39.7 Å². The van der Waals surface area contributed by atoms with Crippen molar-refractivity contribution in [3.05, 3.63) is 54.5 Å². The second-order valence-electron chi connectivity index (χ2n) is 7.19. The monoisotopic (exact) mass is 407 g/mol. The van der Waals surface area contributed by atoms with E-state index in [9.17, 15) is 0 Å². The van der Waals surface area contributed by atoms with Gasteiger partial charge in [-0.1, -0.05) is 18.2 Å². The molecule has 0 amide bonds. The van der Waals surface area contributed by atoms with Crippen LogP contribution in [0.25, 0.3) is 11.0 Å². The summed E-state index contributed by atoms with van der Waals surface area (Å²) in [4.78, 5) is 13.6. The Morgan fingerprint density at radius 3 is 2.67 bits per heavy atom. The van der Waals surface area contributed by atoms with Crippen molar-refractivity contribution >= 4 is 22.8 Å². The van der Waals surface area contributed by atoms with E-state index in [2.05, 4.69) is 62.5 Å². The summed E-state index contributed by atoms with van der Waals surface area (Å²) in [6.07, 6.45) is 4.94. The van der Waals surface area contributed by atoms with Crippen LogP contribution in [-0.2, 0) is 6.54 Å². The molecule has 3 N–H and O–H groups in total. The number of aliphatic imine (C=N–C) groups is 1. The molecular weight excluding hydrogens is 374 g/mol. The number of fused-ring (bicyclic) bond motifs is 1. The Hall–Kier alpha value is -3.09. The number of para-hydroxylation sites is 2. The lowest BCUT2D eigenvalue weighted by molar-refractivity contribution is 0.644. The molecule has 0 atom stereocenters. The first-order valence-corrected chi connectivity index (χ1v) is 10.9. The van der Waals surface area contributed by atoms with Crippen molar-refractivity contribution in [1.82, 2.24) is 25.2 Å². The third-order valence-electron chi connectivity index (χ3n) is 4.87. The number of unbranched alkanes of at least 4 members (excludes halogenated alkanes) is 1. The van der Waals surface area contributed by atoms with Crippen LogP contribution in [0.15, 0.2) is 53.7 Å². The normalized spacial score (nSPS) is 11.6. The van der Waals surface area contributed by atoms with Crippen LogP contribution in [0.3, 0.4) is 0 Å². The highest BCUT2D eigenvalue weighted by atomic mass is 15.2. The lowest BCUT2D eigenvalue weighted by Gasteiger charge is -2.12. The van der Waals surface area contributed by atoms with Crippen LogP contribution in [0.1, 0.15) is 32.0 Å². The van der Waals surface area contributed by atoms with Crippen molar-refractivity contribution < 1.29 is 0 Å². The molecule has 0 aliphatic rings. The molecule has 1 aromatic carbocycles. The van der Waals surface area contributed by atoms with Gasteiger partial charge in [0.1, 0.15) is 11.6 Å². The Labute approximate surface area is 179 Å². The number of hydrogen-bond donors (Lipinski definition) is 3. The largest absolute Gasteiger partial charge is 0.370 e. The molecule has 0 radical (unpaired) electrons. The van der Waals surface area contributed by atoms with Crippen LogP contribution >= 0.6 is 0 Å². The molecule has 2 aromatic heterocycles. The standard InChI is InChI=1S/C23H33N7/c1-3-24-23(27-16-9-8-15-26-22-13-6-7-14-25-22)28-17-10-18-30-19(2)29-20-11-4-5-12-21(20)30/h4-7,11-14H,3,8-10,15-18H2,1-2H3,(H,25,26)(H2,24,27,28). The third kappa shape index (κ3) is 6.47. The fraction of sp³-hybridized carbons (Fsp3) is 0.435. The van der Waals surface area contributed by atoms with Gasteiger partial charge in [0.2, 0.25) is 0 Å². The van der Waals surface area contributed by atoms with Crippen LogP contribution in [0, 0.1) is 6.92 Å². The number of aryl methyl sites for hydroxylation is 2. The quantitative estimate of drug-likeness (QED) is 0.257. The number of pyridine rings is 1. The highest BCUT2D eigenvalue weighted by Gasteiger charge is 2.06. The van der Waals surface area contributed by atoms with E-state index in [1.54, 1.807) is 6.20 Å². The Balaban J connectivity index is 1.37. The number of hydrogen-bond acceptors (Lipinski definition) is 4. The molecule has 0 saturated heterocycles. The number of nitrogens with zero attached hydrogens (tertiary/aromatic N) is 4. The molecule has 30 heavy (non-hydrogen) atoms. The van der Waals surface area contributed by atoms with Gasteiger partial charge in [-0.15, -0.1) is 0 Å². The maximum atomic E-state index is 4.72. The van der Waals surface area contributed by atoms with Crippen molar-refractivity contribution in [3.63, 3.8) is 0 Å². The molecule has 7 heteroatoms. The predicted octanol–water partition coefficient (Wildman–Crippen LogP) is 3.58. The molecule has 0 aliphatic heterocycles. The van der Waals surface area contributed by atoms with E-state index in [0.29, 0.717) is 0 Å². The molecule has 0 saturated carbocycles. The van der Waals surface area contributed by atoms with Crippen LogP contribution in [0.4, 0.5) is 5.82 Å². The highest BCUT2D eigenvalue weighted by Crippen LogP contribution is 2.15. The van der Waals surface area contributed by atoms with Crippen molar-refractivity contribution in [3.8, 4) is 0 Å². The molecule has 0 fully saturated rings. The summed E-state index contributed by atoms with van der Waals surface area (Å²) in [6, 6.07) is 14.2. The van der Waals surface area contributed by atoms with E-state index < -0.39 is 0 Å². The summed E-state index contributed by atoms with van der Waals surface area (Å²) >= 11 is 0. The number of imidazole rings is 1. The Morgan fingerprint density at radius 1 is 1.00 bits per heavy atom. The molecular formula is C23H33N7. The Morgan fingerprint density at radius 2 is 1.83 bits per heavy atom. The average molecular weight is 408 g/mol. The van der Waals surface area contributed by atoms with E-state index >= 15 is 0 Å². The maximum Gasteiger partial charge on any atom is 0.191 e. The second kappa shape index (κ2) is 11.8. The maximum absolute atomic E-state index is 4.72. The van der Waals surface area contributed by atoms with Gasteiger partial charge in [0, 0.05) is 38.9 Å². The Bertz CT molecular complexity index is 918.